The summed E-state index contributed by atoms with van der Waals surface area (Å²) >= 11 is 0. The third-order valence-corrected chi connectivity index (χ3v) is 5.49. The van der Waals surface area contributed by atoms with Crippen LogP contribution in [0.1, 0.15) is 29.2 Å². The van der Waals surface area contributed by atoms with Gasteiger partial charge < -0.3 is 23.7 Å². The quantitative estimate of drug-likeness (QED) is 0.506. The van der Waals surface area contributed by atoms with Crippen molar-refractivity contribution in [3.05, 3.63) is 47.0 Å². The van der Waals surface area contributed by atoms with Crippen LogP contribution in [0.3, 0.4) is 0 Å². The summed E-state index contributed by atoms with van der Waals surface area (Å²) < 4.78 is 21.9. The molecule has 7 heteroatoms. The molecule has 159 valence electrons. The minimum Gasteiger partial charge on any atom is -0.542 e. The fourth-order valence-corrected chi connectivity index (χ4v) is 4.01. The molecule has 0 spiro atoms. The van der Waals surface area contributed by atoms with Crippen LogP contribution in [0.2, 0.25) is 0 Å². The van der Waals surface area contributed by atoms with E-state index >= 15 is 0 Å². The standard InChI is InChI=1S/C23H28NO5.Y/c1-26-20-7-6-16(13-21(20)27-2)12-19-18-15-23(29-4)22(28-3)14-17(18)8-10-24(19)9-5-11-25;/h6-7,13-15,19H,5,8-10,12H2,1-4H3;/q-1;/t19-;/m1./s1. The maximum absolute atomic E-state index is 10.9. The molecule has 2 aromatic carbocycles. The Morgan fingerprint density at radius 2 is 1.57 bits per heavy atom. The number of ether oxygens (including phenoxy) is 4. The smallest absolute Gasteiger partial charge is 0.161 e. The van der Waals surface area contributed by atoms with Gasteiger partial charge in [0, 0.05) is 45.3 Å². The first-order valence-electron chi connectivity index (χ1n) is 9.69. The molecule has 1 aliphatic rings. The minimum absolute atomic E-state index is 0. The van der Waals surface area contributed by atoms with E-state index in [-0.39, 0.29) is 38.8 Å². The van der Waals surface area contributed by atoms with Gasteiger partial charge in [0.1, 0.15) is 0 Å². The van der Waals surface area contributed by atoms with E-state index < -0.39 is 0 Å². The molecule has 0 aliphatic carbocycles. The fourth-order valence-electron chi connectivity index (χ4n) is 4.01. The molecule has 0 unspecified atom stereocenters. The largest absolute Gasteiger partial charge is 0.542 e. The third-order valence-electron chi connectivity index (χ3n) is 5.49. The van der Waals surface area contributed by atoms with Crippen LogP contribution in [0.5, 0.6) is 23.0 Å². The second-order valence-corrected chi connectivity index (χ2v) is 7.00. The number of rotatable bonds is 9. The number of hydrogen-bond donors (Lipinski definition) is 0. The van der Waals surface area contributed by atoms with Crippen molar-refractivity contribution in [2.45, 2.75) is 25.3 Å². The molecule has 1 radical (unpaired) electrons. The Labute approximate surface area is 203 Å². The van der Waals surface area contributed by atoms with Crippen molar-refractivity contribution < 1.29 is 56.5 Å². The van der Waals surface area contributed by atoms with E-state index in [9.17, 15) is 4.79 Å². The zero-order chi connectivity index (χ0) is 20.8. The van der Waals surface area contributed by atoms with Crippen LogP contribution in [0, 0.1) is 0 Å². The molecule has 0 saturated carbocycles. The van der Waals surface area contributed by atoms with E-state index in [1.54, 1.807) is 28.4 Å². The Hall–Kier alpha value is -1.63. The van der Waals surface area contributed by atoms with E-state index in [2.05, 4.69) is 23.1 Å². The molecule has 0 bridgehead atoms. The Kier molecular flexibility index (Phi) is 9.59. The molecule has 0 amide bonds. The van der Waals surface area contributed by atoms with Gasteiger partial charge in [-0.2, -0.15) is 0 Å². The first kappa shape index (κ1) is 24.6. The van der Waals surface area contributed by atoms with Crippen LogP contribution >= 0.6 is 0 Å². The number of fused-ring (bicyclic) bond motifs is 1. The Morgan fingerprint density at radius 3 is 2.20 bits per heavy atom. The number of carbonyl (C=O) groups excluding carboxylic acids is 1. The van der Waals surface area contributed by atoms with Crippen molar-refractivity contribution in [1.82, 2.24) is 4.90 Å². The average molecular weight is 487 g/mol. The van der Waals surface area contributed by atoms with Crippen molar-refractivity contribution in [3.8, 4) is 23.0 Å². The van der Waals surface area contributed by atoms with Gasteiger partial charge in [-0.05, 0) is 60.3 Å². The minimum atomic E-state index is 0. The normalized spacial score (nSPS) is 15.5. The molecule has 1 atom stereocenters. The summed E-state index contributed by atoms with van der Waals surface area (Å²) in [6.45, 7) is 1.55. The molecule has 0 fully saturated rings. The van der Waals surface area contributed by atoms with E-state index in [1.165, 1.54) is 11.1 Å². The van der Waals surface area contributed by atoms with Gasteiger partial charge in [-0.3, -0.25) is 11.2 Å². The predicted octanol–water partition coefficient (Wildman–Crippen LogP) is 3.36. The van der Waals surface area contributed by atoms with Crippen LogP contribution in [-0.2, 0) is 50.3 Å². The summed E-state index contributed by atoms with van der Waals surface area (Å²) in [6.07, 6.45) is 4.10. The summed E-state index contributed by atoms with van der Waals surface area (Å²) in [4.78, 5) is 13.2. The summed E-state index contributed by atoms with van der Waals surface area (Å²) in [6, 6.07) is 10.2. The second-order valence-electron chi connectivity index (χ2n) is 7.00. The first-order chi connectivity index (χ1) is 14.1. The van der Waals surface area contributed by atoms with E-state index in [0.717, 1.165) is 30.7 Å². The van der Waals surface area contributed by atoms with Crippen LogP contribution in [0.15, 0.2) is 30.3 Å². The zero-order valence-corrected chi connectivity index (χ0v) is 20.9. The number of hydrogen-bond acceptors (Lipinski definition) is 6. The average Bonchev–Trinajstić information content (AvgIpc) is 2.77. The third kappa shape index (κ3) is 5.34. The molecule has 0 N–H and O–H groups in total. The molecule has 2 aromatic rings. The van der Waals surface area contributed by atoms with Gasteiger partial charge in [0.15, 0.2) is 23.0 Å². The first-order valence-corrected chi connectivity index (χ1v) is 9.69. The van der Waals surface area contributed by atoms with Gasteiger partial charge in [-0.15, -0.1) is 6.42 Å². The number of methoxy groups -OCH3 is 4. The van der Waals surface area contributed by atoms with Crippen molar-refractivity contribution in [2.24, 2.45) is 0 Å². The molecular formula is C23H28NO5Y-. The summed E-state index contributed by atoms with van der Waals surface area (Å²) in [5, 5.41) is 0. The predicted molar refractivity (Wildman–Crippen MR) is 111 cm³/mol. The number of nitrogens with zero attached hydrogens (tertiary/aromatic N) is 1. The summed E-state index contributed by atoms with van der Waals surface area (Å²) in [5.41, 5.74) is 3.59. The number of benzene rings is 2. The topological polar surface area (TPSA) is 57.2 Å². The van der Waals surface area contributed by atoms with Crippen molar-refractivity contribution >= 4 is 6.29 Å². The molecule has 0 aromatic heterocycles. The zero-order valence-electron chi connectivity index (χ0n) is 18.1. The molecule has 6 nitrogen and oxygen atoms in total. The van der Waals surface area contributed by atoms with Crippen LogP contribution < -0.4 is 18.9 Å². The van der Waals surface area contributed by atoms with E-state index in [0.29, 0.717) is 30.2 Å². The Morgan fingerprint density at radius 1 is 0.933 bits per heavy atom. The molecular weight excluding hydrogens is 459 g/mol. The summed E-state index contributed by atoms with van der Waals surface area (Å²) in [7, 11) is 6.57. The van der Waals surface area contributed by atoms with Crippen molar-refractivity contribution in [1.29, 1.82) is 0 Å². The maximum atomic E-state index is 10.9. The second kappa shape index (κ2) is 11.7. The molecule has 3 rings (SSSR count). The van der Waals surface area contributed by atoms with Crippen LogP contribution in [-0.4, -0.2) is 52.7 Å². The van der Waals surface area contributed by atoms with Gasteiger partial charge in [0.05, 0.1) is 28.4 Å². The van der Waals surface area contributed by atoms with Gasteiger partial charge in [0.25, 0.3) is 0 Å². The monoisotopic (exact) mass is 487 g/mol. The van der Waals surface area contributed by atoms with Gasteiger partial charge >= 0.3 is 0 Å². The molecule has 1 heterocycles. The Bertz CT molecular complexity index is 858. The van der Waals surface area contributed by atoms with E-state index in [4.69, 9.17) is 18.9 Å². The van der Waals surface area contributed by atoms with Crippen molar-refractivity contribution in [3.63, 3.8) is 0 Å². The van der Waals surface area contributed by atoms with Gasteiger partial charge in [-0.1, -0.05) is 6.07 Å². The van der Waals surface area contributed by atoms with Gasteiger partial charge in [0.2, 0.25) is 0 Å². The maximum Gasteiger partial charge on any atom is 0.161 e. The Balaban J connectivity index is 0.00000320. The van der Waals surface area contributed by atoms with E-state index in [1.807, 2.05) is 18.4 Å². The van der Waals surface area contributed by atoms with Crippen molar-refractivity contribution in [2.75, 3.05) is 41.5 Å². The summed E-state index contributed by atoms with van der Waals surface area (Å²) in [5.74, 6) is 2.87. The SMILES string of the molecule is COc1ccc(C[C@@H]2c3cc(OC)c(OC)cc3CCN2CC[C-]=O)cc1OC.[Y]. The fraction of sp³-hybridized carbons (Fsp3) is 0.435. The molecule has 1 aliphatic heterocycles. The molecule has 0 saturated heterocycles. The van der Waals surface area contributed by atoms with Gasteiger partial charge in [-0.25, -0.2) is 0 Å². The van der Waals surface area contributed by atoms with Crippen LogP contribution in [0.4, 0.5) is 0 Å². The molecule has 30 heavy (non-hydrogen) atoms. The van der Waals surface area contributed by atoms with Crippen LogP contribution in [0.25, 0.3) is 0 Å².